The van der Waals surface area contributed by atoms with Crippen molar-refractivity contribution >= 4 is 17.7 Å². The molecule has 1 N–H and O–H groups in total. The predicted octanol–water partition coefficient (Wildman–Crippen LogP) is 3.60. The van der Waals surface area contributed by atoms with E-state index in [-0.39, 0.29) is 5.91 Å². The second kappa shape index (κ2) is 8.19. The fraction of sp³-hybridized carbons (Fsp3) is 0.250. The minimum Gasteiger partial charge on any atom is -0.351 e. The van der Waals surface area contributed by atoms with Crippen molar-refractivity contribution in [3.05, 3.63) is 71.0 Å². The van der Waals surface area contributed by atoms with E-state index in [1.54, 1.807) is 6.33 Å². The first-order chi connectivity index (χ1) is 12.5. The fourth-order valence-corrected chi connectivity index (χ4v) is 3.40. The third-order valence-electron chi connectivity index (χ3n) is 4.07. The lowest BCUT2D eigenvalue weighted by Crippen LogP contribution is -2.24. The number of thioether (sulfide) groups is 1. The van der Waals surface area contributed by atoms with Crippen LogP contribution in [-0.2, 0) is 11.3 Å². The maximum Gasteiger partial charge on any atom is 0.230 e. The van der Waals surface area contributed by atoms with E-state index in [4.69, 9.17) is 0 Å². The zero-order valence-corrected chi connectivity index (χ0v) is 16.0. The van der Waals surface area contributed by atoms with Crippen LogP contribution in [0.4, 0.5) is 0 Å². The summed E-state index contributed by atoms with van der Waals surface area (Å²) < 4.78 is 1.92. The normalized spacial score (nSPS) is 10.7. The Labute approximate surface area is 157 Å². The molecule has 0 aliphatic carbocycles. The SMILES string of the molecule is Cc1ccc(CNC(=O)CSc2nncn2-c2ccc(C)cc2C)cc1. The highest BCUT2D eigenvalue weighted by Gasteiger charge is 2.11. The molecule has 0 aliphatic rings. The van der Waals surface area contributed by atoms with Crippen LogP contribution in [0.3, 0.4) is 0 Å². The van der Waals surface area contributed by atoms with Crippen molar-refractivity contribution in [2.24, 2.45) is 0 Å². The summed E-state index contributed by atoms with van der Waals surface area (Å²) in [7, 11) is 0. The standard InChI is InChI=1S/C20H22N4OS/c1-14-4-7-17(8-5-14)11-21-19(25)12-26-20-23-22-13-24(20)18-9-6-15(2)10-16(18)3/h4-10,13H,11-12H2,1-3H3,(H,21,25). The molecule has 1 amide bonds. The van der Waals surface area contributed by atoms with Crippen LogP contribution in [0.5, 0.6) is 0 Å². The number of aryl methyl sites for hydroxylation is 3. The molecule has 0 saturated carbocycles. The van der Waals surface area contributed by atoms with E-state index >= 15 is 0 Å². The molecule has 3 rings (SSSR count). The molecule has 0 radical (unpaired) electrons. The summed E-state index contributed by atoms with van der Waals surface area (Å²) in [6.07, 6.45) is 1.68. The number of carbonyl (C=O) groups is 1. The zero-order chi connectivity index (χ0) is 18.5. The van der Waals surface area contributed by atoms with Gasteiger partial charge in [-0.25, -0.2) is 0 Å². The number of aromatic nitrogens is 3. The Balaban J connectivity index is 1.59. The number of hydrogen-bond acceptors (Lipinski definition) is 4. The number of amides is 1. The van der Waals surface area contributed by atoms with Crippen LogP contribution in [0, 0.1) is 20.8 Å². The lowest BCUT2D eigenvalue weighted by Gasteiger charge is -2.10. The predicted molar refractivity (Wildman–Crippen MR) is 105 cm³/mol. The third-order valence-corrected chi connectivity index (χ3v) is 5.01. The van der Waals surface area contributed by atoms with Gasteiger partial charge in [-0.15, -0.1) is 10.2 Å². The quantitative estimate of drug-likeness (QED) is 0.677. The molecule has 2 aromatic carbocycles. The molecular weight excluding hydrogens is 344 g/mol. The number of hydrogen-bond donors (Lipinski definition) is 1. The summed E-state index contributed by atoms with van der Waals surface area (Å²) in [6.45, 7) is 6.70. The Bertz CT molecular complexity index is 902. The van der Waals surface area contributed by atoms with E-state index in [1.165, 1.54) is 22.9 Å². The second-order valence-corrected chi connectivity index (χ2v) is 7.27. The van der Waals surface area contributed by atoms with Crippen LogP contribution >= 0.6 is 11.8 Å². The molecule has 1 aromatic heterocycles. The van der Waals surface area contributed by atoms with Gasteiger partial charge in [-0.05, 0) is 38.0 Å². The largest absolute Gasteiger partial charge is 0.351 e. The van der Waals surface area contributed by atoms with E-state index in [2.05, 4.69) is 47.6 Å². The first-order valence-corrected chi connectivity index (χ1v) is 9.44. The summed E-state index contributed by atoms with van der Waals surface area (Å²) in [6, 6.07) is 14.4. The van der Waals surface area contributed by atoms with E-state index < -0.39 is 0 Å². The van der Waals surface area contributed by atoms with Gasteiger partial charge in [0.15, 0.2) is 5.16 Å². The number of nitrogens with one attached hydrogen (secondary N) is 1. The molecule has 0 saturated heterocycles. The number of carbonyl (C=O) groups excluding carboxylic acids is 1. The van der Waals surface area contributed by atoms with Gasteiger partial charge in [0.1, 0.15) is 6.33 Å². The van der Waals surface area contributed by atoms with Crippen molar-refractivity contribution in [2.75, 3.05) is 5.75 Å². The van der Waals surface area contributed by atoms with Crippen LogP contribution in [0.15, 0.2) is 53.9 Å². The van der Waals surface area contributed by atoms with Gasteiger partial charge in [0, 0.05) is 6.54 Å². The average Bonchev–Trinajstić information content (AvgIpc) is 3.08. The van der Waals surface area contributed by atoms with Crippen molar-refractivity contribution in [3.63, 3.8) is 0 Å². The van der Waals surface area contributed by atoms with Gasteiger partial charge in [-0.3, -0.25) is 9.36 Å². The van der Waals surface area contributed by atoms with Gasteiger partial charge in [0.05, 0.1) is 11.4 Å². The van der Waals surface area contributed by atoms with Gasteiger partial charge in [-0.2, -0.15) is 0 Å². The van der Waals surface area contributed by atoms with E-state index in [9.17, 15) is 4.79 Å². The Morgan fingerprint density at radius 2 is 1.81 bits per heavy atom. The molecule has 5 nitrogen and oxygen atoms in total. The number of benzene rings is 2. The molecule has 6 heteroatoms. The molecule has 26 heavy (non-hydrogen) atoms. The number of nitrogens with zero attached hydrogens (tertiary/aromatic N) is 3. The van der Waals surface area contributed by atoms with Gasteiger partial charge < -0.3 is 5.32 Å². The van der Waals surface area contributed by atoms with Crippen LogP contribution in [0.1, 0.15) is 22.3 Å². The molecular formula is C20H22N4OS. The third kappa shape index (κ3) is 4.52. The minimum atomic E-state index is -0.0225. The number of rotatable bonds is 6. The van der Waals surface area contributed by atoms with Crippen molar-refractivity contribution in [1.82, 2.24) is 20.1 Å². The highest BCUT2D eigenvalue weighted by molar-refractivity contribution is 7.99. The summed E-state index contributed by atoms with van der Waals surface area (Å²) in [5, 5.41) is 11.8. The highest BCUT2D eigenvalue weighted by atomic mass is 32.2. The molecule has 0 fully saturated rings. The Morgan fingerprint density at radius 1 is 1.08 bits per heavy atom. The van der Waals surface area contributed by atoms with Crippen LogP contribution in [0.2, 0.25) is 0 Å². The average molecular weight is 366 g/mol. The summed E-state index contributed by atoms with van der Waals surface area (Å²) in [5.41, 5.74) is 5.69. The van der Waals surface area contributed by atoms with Crippen LogP contribution in [0.25, 0.3) is 5.69 Å². The Hall–Kier alpha value is -2.60. The zero-order valence-electron chi connectivity index (χ0n) is 15.2. The lowest BCUT2D eigenvalue weighted by molar-refractivity contribution is -0.118. The maximum atomic E-state index is 12.1. The van der Waals surface area contributed by atoms with E-state index in [1.807, 2.05) is 35.8 Å². The first-order valence-electron chi connectivity index (χ1n) is 8.45. The molecule has 0 bridgehead atoms. The molecule has 1 heterocycles. The van der Waals surface area contributed by atoms with Crippen molar-refractivity contribution in [2.45, 2.75) is 32.5 Å². The van der Waals surface area contributed by atoms with Crippen LogP contribution in [-0.4, -0.2) is 26.4 Å². The van der Waals surface area contributed by atoms with E-state index in [0.717, 1.165) is 16.8 Å². The molecule has 0 aliphatic heterocycles. The summed E-state index contributed by atoms with van der Waals surface area (Å²) >= 11 is 1.38. The van der Waals surface area contributed by atoms with Crippen molar-refractivity contribution < 1.29 is 4.79 Å². The monoisotopic (exact) mass is 366 g/mol. The lowest BCUT2D eigenvalue weighted by atomic mass is 10.1. The molecule has 3 aromatic rings. The summed E-state index contributed by atoms with van der Waals surface area (Å²) in [4.78, 5) is 12.1. The molecule has 134 valence electrons. The van der Waals surface area contributed by atoms with E-state index in [0.29, 0.717) is 17.5 Å². The van der Waals surface area contributed by atoms with Crippen molar-refractivity contribution in [3.8, 4) is 5.69 Å². The summed E-state index contributed by atoms with van der Waals surface area (Å²) in [5.74, 6) is 0.279. The Kier molecular flexibility index (Phi) is 5.73. The van der Waals surface area contributed by atoms with Crippen molar-refractivity contribution in [1.29, 1.82) is 0 Å². The maximum absolute atomic E-state index is 12.1. The smallest absolute Gasteiger partial charge is 0.230 e. The highest BCUT2D eigenvalue weighted by Crippen LogP contribution is 2.22. The first kappa shape index (κ1) is 18.2. The second-order valence-electron chi connectivity index (χ2n) is 6.32. The Morgan fingerprint density at radius 3 is 2.54 bits per heavy atom. The fourth-order valence-electron chi connectivity index (χ4n) is 2.65. The molecule has 0 unspecified atom stereocenters. The molecule has 0 spiro atoms. The van der Waals surface area contributed by atoms with Gasteiger partial charge in [-0.1, -0.05) is 59.3 Å². The topological polar surface area (TPSA) is 59.8 Å². The van der Waals surface area contributed by atoms with Gasteiger partial charge in [0.2, 0.25) is 5.91 Å². The van der Waals surface area contributed by atoms with Crippen LogP contribution < -0.4 is 5.32 Å². The minimum absolute atomic E-state index is 0.0225. The van der Waals surface area contributed by atoms with Gasteiger partial charge in [0.25, 0.3) is 0 Å². The molecule has 0 atom stereocenters. The van der Waals surface area contributed by atoms with Gasteiger partial charge >= 0.3 is 0 Å².